The van der Waals surface area contributed by atoms with Crippen molar-refractivity contribution in [3.8, 4) is 11.5 Å². The van der Waals surface area contributed by atoms with Gasteiger partial charge >= 0.3 is 0 Å². The molecule has 0 aliphatic carbocycles. The Morgan fingerprint density at radius 1 is 0.917 bits per heavy atom. The van der Waals surface area contributed by atoms with Crippen molar-refractivity contribution < 1.29 is 27.9 Å². The van der Waals surface area contributed by atoms with E-state index in [1.807, 2.05) is 6.07 Å². The number of benzene rings is 3. The second-order valence-corrected chi connectivity index (χ2v) is 7.84. The second kappa shape index (κ2) is 11.2. The molecule has 1 N–H and O–H groups in total. The molecule has 0 spiro atoms. The maximum Gasteiger partial charge on any atom is 0.259 e. The normalized spacial score (nSPS) is 11.4. The van der Waals surface area contributed by atoms with Gasteiger partial charge in [0.05, 0.1) is 20.5 Å². The average molecular weight is 489 g/mol. The van der Waals surface area contributed by atoms with Gasteiger partial charge in [-0.3, -0.25) is 14.5 Å². The van der Waals surface area contributed by atoms with Crippen LogP contribution in [0.2, 0.25) is 0 Å². The first-order valence-electron chi connectivity index (χ1n) is 11.2. The van der Waals surface area contributed by atoms with Gasteiger partial charge in [0.2, 0.25) is 0 Å². The third-order valence-electron chi connectivity index (χ3n) is 5.58. The van der Waals surface area contributed by atoms with E-state index in [-0.39, 0.29) is 18.1 Å². The molecule has 4 rings (SSSR count). The van der Waals surface area contributed by atoms with E-state index in [1.165, 1.54) is 37.5 Å². The maximum atomic E-state index is 13.9. The Hall–Kier alpha value is -4.59. The summed E-state index contributed by atoms with van der Waals surface area (Å²) in [7, 11) is 2.99. The van der Waals surface area contributed by atoms with E-state index in [2.05, 4.69) is 5.32 Å². The highest BCUT2D eigenvalue weighted by atomic mass is 19.1. The minimum absolute atomic E-state index is 0.142. The Labute approximate surface area is 208 Å². The number of hydrogen-bond acceptors (Lipinski definition) is 5. The van der Waals surface area contributed by atoms with E-state index in [4.69, 9.17) is 13.9 Å². The van der Waals surface area contributed by atoms with Gasteiger partial charge in [-0.25, -0.2) is 4.39 Å². The van der Waals surface area contributed by atoms with Crippen LogP contribution in [0, 0.1) is 5.82 Å². The predicted octanol–water partition coefficient (Wildman–Crippen LogP) is 5.14. The molecule has 0 fully saturated rings. The zero-order chi connectivity index (χ0) is 25.5. The quantitative estimate of drug-likeness (QED) is 0.353. The summed E-state index contributed by atoms with van der Waals surface area (Å²) in [6.45, 7) is 0.142. The number of methoxy groups -OCH3 is 2. The van der Waals surface area contributed by atoms with Crippen molar-refractivity contribution in [2.24, 2.45) is 0 Å². The van der Waals surface area contributed by atoms with Gasteiger partial charge < -0.3 is 19.2 Å². The molecule has 0 saturated carbocycles. The largest absolute Gasteiger partial charge is 0.493 e. The Bertz CT molecular complexity index is 1310. The monoisotopic (exact) mass is 488 g/mol. The summed E-state index contributed by atoms with van der Waals surface area (Å²) >= 11 is 0. The SMILES string of the molecule is COc1ccc(C(=O)N(c2ccccc2)C(C(=O)NCc2ccc(F)cc2)c2ccco2)cc1OC. The summed E-state index contributed by atoms with van der Waals surface area (Å²) in [5.74, 6) is -0.141. The standard InChI is InChI=1S/C28H25FN2O5/c1-34-23-15-12-20(17-25(23)35-2)28(33)31(22-7-4-3-5-8-22)26(24-9-6-16-36-24)27(32)30-18-19-10-13-21(29)14-11-19/h3-17,26H,18H2,1-2H3,(H,30,32). The van der Waals surface area contributed by atoms with Gasteiger partial charge in [0.1, 0.15) is 11.6 Å². The molecular weight excluding hydrogens is 463 g/mol. The molecule has 8 heteroatoms. The molecule has 0 aliphatic rings. The highest BCUT2D eigenvalue weighted by molar-refractivity contribution is 6.10. The zero-order valence-electron chi connectivity index (χ0n) is 19.8. The summed E-state index contributed by atoms with van der Waals surface area (Å²) in [6, 6.07) is 21.6. The van der Waals surface area contributed by atoms with Crippen LogP contribution < -0.4 is 19.7 Å². The van der Waals surface area contributed by atoms with E-state index in [0.717, 1.165) is 0 Å². The number of amides is 2. The summed E-state index contributed by atoms with van der Waals surface area (Å²) in [5, 5.41) is 2.84. The number of anilines is 1. The maximum absolute atomic E-state index is 13.9. The number of nitrogens with one attached hydrogen (secondary N) is 1. The summed E-state index contributed by atoms with van der Waals surface area (Å²) < 4.78 is 29.5. The molecule has 1 aromatic heterocycles. The predicted molar refractivity (Wildman–Crippen MR) is 132 cm³/mol. The van der Waals surface area contributed by atoms with Crippen LogP contribution in [0.25, 0.3) is 0 Å². The number of para-hydroxylation sites is 1. The van der Waals surface area contributed by atoms with Crippen LogP contribution >= 0.6 is 0 Å². The minimum atomic E-state index is -1.12. The Balaban J connectivity index is 1.73. The summed E-state index contributed by atoms with van der Waals surface area (Å²) in [6.07, 6.45) is 1.44. The molecule has 4 aromatic rings. The molecule has 1 heterocycles. The lowest BCUT2D eigenvalue weighted by Crippen LogP contribution is -2.43. The van der Waals surface area contributed by atoms with E-state index in [9.17, 15) is 14.0 Å². The number of rotatable bonds is 9. The second-order valence-electron chi connectivity index (χ2n) is 7.84. The number of hydrogen-bond donors (Lipinski definition) is 1. The van der Waals surface area contributed by atoms with Gasteiger partial charge in [-0.1, -0.05) is 30.3 Å². The fourth-order valence-corrected chi connectivity index (χ4v) is 3.79. The molecule has 0 bridgehead atoms. The van der Waals surface area contributed by atoms with Gasteiger partial charge in [0.25, 0.3) is 11.8 Å². The van der Waals surface area contributed by atoms with E-state index >= 15 is 0 Å². The molecule has 0 saturated heterocycles. The average Bonchev–Trinajstić information content (AvgIpc) is 3.45. The molecule has 36 heavy (non-hydrogen) atoms. The first-order chi connectivity index (χ1) is 17.5. The number of halogens is 1. The summed E-state index contributed by atoms with van der Waals surface area (Å²) in [4.78, 5) is 28.9. The third-order valence-corrected chi connectivity index (χ3v) is 5.58. The summed E-state index contributed by atoms with van der Waals surface area (Å²) in [5.41, 5.74) is 1.50. The lowest BCUT2D eigenvalue weighted by Gasteiger charge is -2.30. The Kier molecular flexibility index (Phi) is 7.65. The van der Waals surface area contributed by atoms with Crippen LogP contribution in [-0.4, -0.2) is 26.0 Å². The molecule has 0 aliphatic heterocycles. The number of carbonyl (C=O) groups excluding carboxylic acids is 2. The third kappa shape index (κ3) is 5.38. The fraction of sp³-hybridized carbons (Fsp3) is 0.143. The van der Waals surface area contributed by atoms with Crippen molar-refractivity contribution in [3.05, 3.63) is 114 Å². The lowest BCUT2D eigenvalue weighted by atomic mass is 10.1. The molecule has 1 unspecified atom stereocenters. The van der Waals surface area contributed by atoms with E-state index in [0.29, 0.717) is 28.3 Å². The van der Waals surface area contributed by atoms with E-state index < -0.39 is 17.9 Å². The van der Waals surface area contributed by atoms with Crippen molar-refractivity contribution in [2.45, 2.75) is 12.6 Å². The Morgan fingerprint density at radius 3 is 2.28 bits per heavy atom. The van der Waals surface area contributed by atoms with Crippen LogP contribution in [0.4, 0.5) is 10.1 Å². The topological polar surface area (TPSA) is 81.0 Å². The fourth-order valence-electron chi connectivity index (χ4n) is 3.79. The lowest BCUT2D eigenvalue weighted by molar-refractivity contribution is -0.123. The molecule has 0 radical (unpaired) electrons. The first-order valence-corrected chi connectivity index (χ1v) is 11.2. The van der Waals surface area contributed by atoms with Crippen LogP contribution in [0.15, 0.2) is 95.6 Å². The number of nitrogens with zero attached hydrogens (tertiary/aromatic N) is 1. The van der Waals surface area contributed by atoms with Crippen molar-refractivity contribution >= 4 is 17.5 Å². The minimum Gasteiger partial charge on any atom is -0.493 e. The van der Waals surface area contributed by atoms with Gasteiger partial charge in [-0.05, 0) is 60.2 Å². The van der Waals surface area contributed by atoms with Gasteiger partial charge in [-0.2, -0.15) is 0 Å². The van der Waals surface area contributed by atoms with Crippen molar-refractivity contribution in [2.75, 3.05) is 19.1 Å². The van der Waals surface area contributed by atoms with Crippen LogP contribution in [0.1, 0.15) is 27.7 Å². The van der Waals surface area contributed by atoms with Crippen LogP contribution in [0.5, 0.6) is 11.5 Å². The molecule has 184 valence electrons. The van der Waals surface area contributed by atoms with Gasteiger partial charge in [-0.15, -0.1) is 0 Å². The van der Waals surface area contributed by atoms with E-state index in [1.54, 1.807) is 66.7 Å². The molecular formula is C28H25FN2O5. The van der Waals surface area contributed by atoms with Crippen LogP contribution in [0.3, 0.4) is 0 Å². The molecule has 1 atom stereocenters. The van der Waals surface area contributed by atoms with Gasteiger partial charge in [0, 0.05) is 17.8 Å². The number of ether oxygens (including phenoxy) is 2. The van der Waals surface area contributed by atoms with Gasteiger partial charge in [0.15, 0.2) is 17.5 Å². The first kappa shape index (κ1) is 24.5. The molecule has 7 nitrogen and oxygen atoms in total. The van der Waals surface area contributed by atoms with Crippen molar-refractivity contribution in [1.82, 2.24) is 5.32 Å². The molecule has 2 amide bonds. The van der Waals surface area contributed by atoms with Crippen LogP contribution in [-0.2, 0) is 11.3 Å². The zero-order valence-corrected chi connectivity index (χ0v) is 19.8. The van der Waals surface area contributed by atoms with Crippen molar-refractivity contribution in [3.63, 3.8) is 0 Å². The number of furan rings is 1. The smallest absolute Gasteiger partial charge is 0.259 e. The molecule has 3 aromatic carbocycles. The number of carbonyl (C=O) groups is 2. The highest BCUT2D eigenvalue weighted by Gasteiger charge is 2.35. The Morgan fingerprint density at radius 2 is 1.64 bits per heavy atom. The highest BCUT2D eigenvalue weighted by Crippen LogP contribution is 2.33. The van der Waals surface area contributed by atoms with Crippen molar-refractivity contribution in [1.29, 1.82) is 0 Å².